The minimum Gasteiger partial charge on any atom is -0.387 e. The topological polar surface area (TPSA) is 104 Å². The minimum absolute atomic E-state index is 0.288. The molecular formula is C33H63NO5S. The van der Waals surface area contributed by atoms with Crippen LogP contribution in [0.25, 0.3) is 0 Å². The second-order valence-corrected chi connectivity index (χ2v) is 12.9. The number of unbranched alkanes of at least 4 members (excludes halogenated alkanes) is 19. The lowest BCUT2D eigenvalue weighted by Gasteiger charge is -2.21. The van der Waals surface area contributed by atoms with Gasteiger partial charge in [0.1, 0.15) is 0 Å². The molecule has 0 radical (unpaired) electrons. The monoisotopic (exact) mass is 585 g/mol. The molecule has 0 rings (SSSR count). The van der Waals surface area contributed by atoms with Crippen molar-refractivity contribution in [3.05, 3.63) is 24.3 Å². The number of aliphatic hydroxyl groups is 1. The summed E-state index contributed by atoms with van der Waals surface area (Å²) in [5, 5.41) is 13.0. The first-order valence-electron chi connectivity index (χ1n) is 16.5. The zero-order chi connectivity index (χ0) is 29.7. The number of aliphatic hydroxyl groups excluding tert-OH is 1. The average Bonchev–Trinajstić information content (AvgIpc) is 2.90. The number of hydrogen-bond acceptors (Lipinski definition) is 4. The van der Waals surface area contributed by atoms with Gasteiger partial charge in [0.2, 0.25) is 5.91 Å². The molecule has 0 aliphatic heterocycles. The SMILES string of the molecule is CCCCCCC/C=C/C(O)C(CS(=O)(=O)O)NC(=O)CCCCCCCCC/C=C\CCCCCCCCC. The van der Waals surface area contributed by atoms with Gasteiger partial charge in [-0.2, -0.15) is 8.42 Å². The molecule has 1 amide bonds. The summed E-state index contributed by atoms with van der Waals surface area (Å²) < 4.78 is 32.1. The second kappa shape index (κ2) is 28.0. The summed E-state index contributed by atoms with van der Waals surface area (Å²) in [5.41, 5.74) is 0. The predicted octanol–water partition coefficient (Wildman–Crippen LogP) is 8.84. The van der Waals surface area contributed by atoms with Crippen LogP contribution in [-0.2, 0) is 14.9 Å². The lowest BCUT2D eigenvalue weighted by Crippen LogP contribution is -2.46. The first kappa shape index (κ1) is 38.8. The van der Waals surface area contributed by atoms with Crippen molar-refractivity contribution in [3.63, 3.8) is 0 Å². The van der Waals surface area contributed by atoms with Gasteiger partial charge in [0, 0.05) is 6.42 Å². The van der Waals surface area contributed by atoms with Crippen LogP contribution < -0.4 is 5.32 Å². The maximum Gasteiger partial charge on any atom is 0.267 e. The molecule has 0 aliphatic carbocycles. The van der Waals surface area contributed by atoms with E-state index in [0.717, 1.165) is 44.9 Å². The fraction of sp³-hybridized carbons (Fsp3) is 0.848. The van der Waals surface area contributed by atoms with Gasteiger partial charge in [0.05, 0.1) is 17.9 Å². The van der Waals surface area contributed by atoms with E-state index >= 15 is 0 Å². The number of carbonyl (C=O) groups is 1. The molecule has 0 bridgehead atoms. The van der Waals surface area contributed by atoms with Crippen molar-refractivity contribution in [2.75, 3.05) is 5.75 Å². The second-order valence-electron chi connectivity index (χ2n) is 11.4. The predicted molar refractivity (Wildman–Crippen MR) is 170 cm³/mol. The summed E-state index contributed by atoms with van der Waals surface area (Å²) in [6, 6.07) is -1.05. The van der Waals surface area contributed by atoms with Gasteiger partial charge >= 0.3 is 0 Å². The van der Waals surface area contributed by atoms with Gasteiger partial charge in [0.15, 0.2) is 0 Å². The van der Waals surface area contributed by atoms with Gasteiger partial charge in [-0.3, -0.25) is 9.35 Å². The molecule has 2 atom stereocenters. The van der Waals surface area contributed by atoms with Crippen LogP contribution in [0.1, 0.15) is 162 Å². The molecule has 2 unspecified atom stereocenters. The fourth-order valence-electron chi connectivity index (χ4n) is 4.85. The number of allylic oxidation sites excluding steroid dienone is 3. The first-order chi connectivity index (χ1) is 19.3. The van der Waals surface area contributed by atoms with E-state index in [-0.39, 0.29) is 5.91 Å². The molecule has 0 saturated heterocycles. The zero-order valence-electron chi connectivity index (χ0n) is 26.0. The molecule has 0 aromatic rings. The Labute approximate surface area is 247 Å². The quantitative estimate of drug-likeness (QED) is 0.0462. The number of amides is 1. The van der Waals surface area contributed by atoms with E-state index in [4.69, 9.17) is 0 Å². The normalized spacial score (nSPS) is 13.8. The van der Waals surface area contributed by atoms with Crippen LogP contribution in [-0.4, -0.2) is 41.9 Å². The number of hydrogen-bond donors (Lipinski definition) is 3. The molecule has 0 aromatic heterocycles. The van der Waals surface area contributed by atoms with Crippen molar-refractivity contribution in [1.82, 2.24) is 5.32 Å². The Balaban J connectivity index is 3.91. The first-order valence-corrected chi connectivity index (χ1v) is 18.1. The summed E-state index contributed by atoms with van der Waals surface area (Å²) in [5.74, 6) is -0.987. The largest absolute Gasteiger partial charge is 0.387 e. The number of nitrogens with one attached hydrogen (secondary N) is 1. The van der Waals surface area contributed by atoms with Gasteiger partial charge in [-0.05, 0) is 44.9 Å². The fourth-order valence-corrected chi connectivity index (χ4v) is 5.59. The molecule has 40 heavy (non-hydrogen) atoms. The Bertz CT molecular complexity index is 735. The smallest absolute Gasteiger partial charge is 0.267 e. The molecule has 6 nitrogen and oxygen atoms in total. The van der Waals surface area contributed by atoms with Crippen LogP contribution in [0, 0.1) is 0 Å². The highest BCUT2D eigenvalue weighted by Gasteiger charge is 2.24. The van der Waals surface area contributed by atoms with Gasteiger partial charge in [-0.1, -0.05) is 134 Å². The van der Waals surface area contributed by atoms with E-state index < -0.39 is 28.0 Å². The maximum absolute atomic E-state index is 12.4. The van der Waals surface area contributed by atoms with Crippen molar-refractivity contribution < 1.29 is 22.9 Å². The van der Waals surface area contributed by atoms with Crippen LogP contribution in [0.15, 0.2) is 24.3 Å². The third-order valence-corrected chi connectivity index (χ3v) is 8.15. The van der Waals surface area contributed by atoms with Crippen LogP contribution in [0.4, 0.5) is 0 Å². The molecule has 0 aliphatic rings. The van der Waals surface area contributed by atoms with Gasteiger partial charge < -0.3 is 10.4 Å². The Hall–Kier alpha value is -1.18. The maximum atomic E-state index is 12.4. The molecule has 0 saturated carbocycles. The Kier molecular flexibility index (Phi) is 27.1. The molecule has 236 valence electrons. The standard InChI is InChI=1S/C33H63NO5S/c1-3-5-7-9-11-12-13-14-15-16-17-18-19-20-21-23-25-27-29-33(36)34-31(30-40(37,38)39)32(35)28-26-24-22-10-8-6-4-2/h15-16,26,28,31-32,35H,3-14,17-25,27,29-30H2,1-2H3,(H,34,36)(H,37,38,39)/b16-15-,28-26+. The van der Waals surface area contributed by atoms with Crippen molar-refractivity contribution in [1.29, 1.82) is 0 Å². The van der Waals surface area contributed by atoms with Crippen LogP contribution in [0.2, 0.25) is 0 Å². The summed E-state index contributed by atoms with van der Waals surface area (Å²) in [6.45, 7) is 4.43. The molecule has 0 spiro atoms. The van der Waals surface area contributed by atoms with Gasteiger partial charge in [-0.15, -0.1) is 0 Å². The van der Waals surface area contributed by atoms with Crippen LogP contribution in [0.5, 0.6) is 0 Å². The molecule has 0 fully saturated rings. The number of rotatable bonds is 29. The molecule has 3 N–H and O–H groups in total. The van der Waals surface area contributed by atoms with Crippen molar-refractivity contribution in [2.45, 2.75) is 174 Å². The third-order valence-electron chi connectivity index (χ3n) is 7.37. The third kappa shape index (κ3) is 28.4. The van der Waals surface area contributed by atoms with E-state index in [9.17, 15) is 22.9 Å². The van der Waals surface area contributed by atoms with E-state index in [1.165, 1.54) is 102 Å². The van der Waals surface area contributed by atoms with Gasteiger partial charge in [0.25, 0.3) is 10.1 Å². The van der Waals surface area contributed by atoms with Crippen LogP contribution in [0.3, 0.4) is 0 Å². The summed E-state index contributed by atoms with van der Waals surface area (Å²) in [7, 11) is -4.33. The Morgan fingerprint density at radius 1 is 0.650 bits per heavy atom. The Morgan fingerprint density at radius 2 is 1.05 bits per heavy atom. The van der Waals surface area contributed by atoms with E-state index in [2.05, 4.69) is 31.3 Å². The molecule has 0 aromatic carbocycles. The van der Waals surface area contributed by atoms with E-state index in [1.54, 1.807) is 0 Å². The summed E-state index contributed by atoms with van der Waals surface area (Å²) >= 11 is 0. The highest BCUT2D eigenvalue weighted by Crippen LogP contribution is 2.12. The summed E-state index contributed by atoms with van der Waals surface area (Å²) in [4.78, 5) is 12.4. The van der Waals surface area contributed by atoms with E-state index in [0.29, 0.717) is 6.42 Å². The summed E-state index contributed by atoms with van der Waals surface area (Å²) in [6.07, 6.45) is 33.2. The average molecular weight is 586 g/mol. The van der Waals surface area contributed by atoms with Gasteiger partial charge in [-0.25, -0.2) is 0 Å². The zero-order valence-corrected chi connectivity index (χ0v) is 26.8. The number of carbonyl (C=O) groups excluding carboxylic acids is 1. The Morgan fingerprint density at radius 3 is 1.50 bits per heavy atom. The molecular weight excluding hydrogens is 522 g/mol. The van der Waals surface area contributed by atoms with Crippen molar-refractivity contribution in [3.8, 4) is 0 Å². The lowest BCUT2D eigenvalue weighted by molar-refractivity contribution is -0.122. The van der Waals surface area contributed by atoms with Crippen molar-refractivity contribution in [2.24, 2.45) is 0 Å². The lowest BCUT2D eigenvalue weighted by atomic mass is 10.1. The highest BCUT2D eigenvalue weighted by molar-refractivity contribution is 7.85. The molecule has 0 heterocycles. The highest BCUT2D eigenvalue weighted by atomic mass is 32.2. The van der Waals surface area contributed by atoms with Crippen molar-refractivity contribution >= 4 is 16.0 Å². The van der Waals surface area contributed by atoms with E-state index in [1.807, 2.05) is 6.08 Å². The van der Waals surface area contributed by atoms with Crippen LogP contribution >= 0.6 is 0 Å². The molecule has 7 heteroatoms. The minimum atomic E-state index is -4.33.